The van der Waals surface area contributed by atoms with E-state index in [1.165, 1.54) is 13.4 Å². The maximum Gasteiger partial charge on any atom is 0.374 e. The highest BCUT2D eigenvalue weighted by Crippen LogP contribution is 2.11. The van der Waals surface area contributed by atoms with Gasteiger partial charge in [-0.2, -0.15) is 0 Å². The molecule has 0 aliphatic carbocycles. The molecule has 6 nitrogen and oxygen atoms in total. The largest absolute Gasteiger partial charge is 0.463 e. The van der Waals surface area contributed by atoms with Crippen LogP contribution in [-0.4, -0.2) is 25.5 Å². The lowest BCUT2D eigenvalue weighted by Crippen LogP contribution is -2.28. The number of nitrogens with two attached hydrogens (primary N) is 1. The topological polar surface area (TPSA) is 94.6 Å². The molecule has 0 fully saturated rings. The van der Waals surface area contributed by atoms with Crippen LogP contribution in [-0.2, 0) is 16.1 Å². The van der Waals surface area contributed by atoms with Crippen LogP contribution in [0.5, 0.6) is 0 Å². The predicted molar refractivity (Wildman–Crippen MR) is 50.9 cm³/mol. The number of furan rings is 1. The van der Waals surface area contributed by atoms with Gasteiger partial charge in [0.1, 0.15) is 0 Å². The fourth-order valence-corrected chi connectivity index (χ4v) is 1.07. The summed E-state index contributed by atoms with van der Waals surface area (Å²) in [6.45, 7) is 0.371. The Hall–Kier alpha value is -1.82. The molecule has 1 aromatic rings. The van der Waals surface area contributed by atoms with Gasteiger partial charge in [0.05, 0.1) is 19.9 Å². The van der Waals surface area contributed by atoms with E-state index in [-0.39, 0.29) is 12.3 Å². The van der Waals surface area contributed by atoms with Crippen molar-refractivity contribution in [1.82, 2.24) is 5.32 Å². The van der Waals surface area contributed by atoms with Crippen LogP contribution in [0.4, 0.5) is 0 Å². The highest BCUT2D eigenvalue weighted by atomic mass is 16.5. The molecule has 0 unspecified atom stereocenters. The summed E-state index contributed by atoms with van der Waals surface area (Å²) >= 11 is 0. The second-order valence-electron chi connectivity index (χ2n) is 2.84. The van der Waals surface area contributed by atoms with E-state index in [4.69, 9.17) is 10.2 Å². The van der Waals surface area contributed by atoms with Gasteiger partial charge in [-0.05, 0) is 6.07 Å². The van der Waals surface area contributed by atoms with Crippen molar-refractivity contribution < 1.29 is 18.7 Å². The molecular formula is C9H12N2O4. The SMILES string of the molecule is COC(=O)c1occc1CNCC(N)=O. The number of hydrogen-bond acceptors (Lipinski definition) is 5. The summed E-state index contributed by atoms with van der Waals surface area (Å²) < 4.78 is 9.45. The average Bonchev–Trinajstić information content (AvgIpc) is 2.64. The number of rotatable bonds is 5. The van der Waals surface area contributed by atoms with E-state index in [9.17, 15) is 9.59 Å². The molecule has 0 saturated carbocycles. The van der Waals surface area contributed by atoms with Crippen LogP contribution in [0, 0.1) is 0 Å². The van der Waals surface area contributed by atoms with Crippen LogP contribution in [0.2, 0.25) is 0 Å². The summed E-state index contributed by atoms with van der Waals surface area (Å²) in [7, 11) is 1.27. The van der Waals surface area contributed by atoms with Crippen molar-refractivity contribution in [3.63, 3.8) is 0 Å². The molecule has 1 amide bonds. The van der Waals surface area contributed by atoms with Gasteiger partial charge in [-0.3, -0.25) is 4.79 Å². The molecule has 6 heteroatoms. The highest BCUT2D eigenvalue weighted by Gasteiger charge is 2.15. The molecule has 0 radical (unpaired) electrons. The second kappa shape index (κ2) is 5.16. The number of methoxy groups -OCH3 is 1. The first-order valence-corrected chi connectivity index (χ1v) is 4.29. The van der Waals surface area contributed by atoms with Gasteiger partial charge in [0, 0.05) is 12.1 Å². The molecular weight excluding hydrogens is 200 g/mol. The lowest BCUT2D eigenvalue weighted by atomic mass is 10.2. The van der Waals surface area contributed by atoms with E-state index >= 15 is 0 Å². The Kier molecular flexibility index (Phi) is 3.87. The standard InChI is InChI=1S/C9H12N2O4/c1-14-9(13)8-6(2-3-15-8)4-11-5-7(10)12/h2-3,11H,4-5H2,1H3,(H2,10,12). The van der Waals surface area contributed by atoms with Crippen molar-refractivity contribution in [3.05, 3.63) is 23.7 Å². The van der Waals surface area contributed by atoms with Crippen molar-refractivity contribution >= 4 is 11.9 Å². The molecule has 1 aromatic heterocycles. The Labute approximate surface area is 86.4 Å². The van der Waals surface area contributed by atoms with Crippen LogP contribution in [0.15, 0.2) is 16.7 Å². The molecule has 0 bridgehead atoms. The van der Waals surface area contributed by atoms with Gasteiger partial charge >= 0.3 is 5.97 Å². The van der Waals surface area contributed by atoms with E-state index in [1.54, 1.807) is 6.07 Å². The Morgan fingerprint density at radius 1 is 1.60 bits per heavy atom. The van der Waals surface area contributed by atoms with Gasteiger partial charge in [-0.15, -0.1) is 0 Å². The maximum atomic E-state index is 11.2. The molecule has 3 N–H and O–H groups in total. The Morgan fingerprint density at radius 3 is 2.93 bits per heavy atom. The van der Waals surface area contributed by atoms with E-state index in [2.05, 4.69) is 10.1 Å². The molecule has 15 heavy (non-hydrogen) atoms. The van der Waals surface area contributed by atoms with Crippen molar-refractivity contribution in [1.29, 1.82) is 0 Å². The first kappa shape index (κ1) is 11.3. The molecule has 82 valence electrons. The smallest absolute Gasteiger partial charge is 0.374 e. The number of hydrogen-bond donors (Lipinski definition) is 2. The number of carbonyl (C=O) groups is 2. The van der Waals surface area contributed by atoms with E-state index in [1.807, 2.05) is 0 Å². The Bertz CT molecular complexity index is 359. The van der Waals surface area contributed by atoms with Crippen LogP contribution in [0.3, 0.4) is 0 Å². The zero-order valence-electron chi connectivity index (χ0n) is 8.28. The second-order valence-corrected chi connectivity index (χ2v) is 2.84. The van der Waals surface area contributed by atoms with Gasteiger partial charge in [-0.25, -0.2) is 4.79 Å². The van der Waals surface area contributed by atoms with E-state index in [0.29, 0.717) is 12.1 Å². The van der Waals surface area contributed by atoms with Crippen LogP contribution in [0.1, 0.15) is 16.1 Å². The first-order valence-electron chi connectivity index (χ1n) is 4.29. The third kappa shape index (κ3) is 3.10. The van der Waals surface area contributed by atoms with Crippen LogP contribution in [0.25, 0.3) is 0 Å². The summed E-state index contributed by atoms with van der Waals surface area (Å²) in [5.41, 5.74) is 5.57. The average molecular weight is 212 g/mol. The molecule has 0 saturated heterocycles. The van der Waals surface area contributed by atoms with Gasteiger partial charge in [0.25, 0.3) is 0 Å². The van der Waals surface area contributed by atoms with E-state index in [0.717, 1.165) is 0 Å². The van der Waals surface area contributed by atoms with Gasteiger partial charge in [0.2, 0.25) is 11.7 Å². The van der Waals surface area contributed by atoms with Crippen LogP contribution < -0.4 is 11.1 Å². The normalized spacial score (nSPS) is 9.93. The van der Waals surface area contributed by atoms with Crippen molar-refractivity contribution in [2.24, 2.45) is 5.73 Å². The third-order valence-electron chi connectivity index (χ3n) is 1.73. The highest BCUT2D eigenvalue weighted by molar-refractivity contribution is 5.87. The summed E-state index contributed by atoms with van der Waals surface area (Å²) in [4.78, 5) is 21.6. The Balaban J connectivity index is 2.57. The third-order valence-corrected chi connectivity index (χ3v) is 1.73. The monoisotopic (exact) mass is 212 g/mol. The number of amides is 1. The molecule has 0 aromatic carbocycles. The zero-order chi connectivity index (χ0) is 11.3. The molecule has 0 aliphatic rings. The molecule has 0 atom stereocenters. The molecule has 1 rings (SSSR count). The van der Waals surface area contributed by atoms with Crippen LogP contribution >= 0.6 is 0 Å². The predicted octanol–water partition coefficient (Wildman–Crippen LogP) is -0.359. The summed E-state index contributed by atoms with van der Waals surface area (Å²) in [6.07, 6.45) is 1.38. The van der Waals surface area contributed by atoms with Crippen molar-refractivity contribution in [2.45, 2.75) is 6.54 Å². The molecule has 0 spiro atoms. The number of carbonyl (C=O) groups excluding carboxylic acids is 2. The Morgan fingerprint density at radius 2 is 2.33 bits per heavy atom. The minimum atomic E-state index is -0.545. The van der Waals surface area contributed by atoms with Gasteiger partial charge in [0.15, 0.2) is 0 Å². The molecule has 1 heterocycles. The first-order chi connectivity index (χ1) is 7.15. The fraction of sp³-hybridized carbons (Fsp3) is 0.333. The summed E-state index contributed by atoms with van der Waals surface area (Å²) in [5.74, 6) is -0.872. The fourth-order valence-electron chi connectivity index (χ4n) is 1.07. The van der Waals surface area contributed by atoms with Crippen molar-refractivity contribution in [2.75, 3.05) is 13.7 Å². The summed E-state index contributed by atoms with van der Waals surface area (Å²) in [5, 5.41) is 2.76. The minimum absolute atomic E-state index is 0.0474. The number of primary amides is 1. The number of ether oxygens (including phenoxy) is 1. The number of nitrogens with one attached hydrogen (secondary N) is 1. The summed E-state index contributed by atoms with van der Waals surface area (Å²) in [6, 6.07) is 1.63. The lowest BCUT2D eigenvalue weighted by molar-refractivity contribution is -0.117. The lowest BCUT2D eigenvalue weighted by Gasteiger charge is -2.01. The minimum Gasteiger partial charge on any atom is -0.463 e. The quantitative estimate of drug-likeness (QED) is 0.650. The van der Waals surface area contributed by atoms with Crippen molar-refractivity contribution in [3.8, 4) is 0 Å². The molecule has 0 aliphatic heterocycles. The zero-order valence-corrected chi connectivity index (χ0v) is 8.28. The van der Waals surface area contributed by atoms with E-state index < -0.39 is 11.9 Å². The van der Waals surface area contributed by atoms with Gasteiger partial charge < -0.3 is 20.2 Å². The maximum absolute atomic E-state index is 11.2. The number of esters is 1. The van der Waals surface area contributed by atoms with Gasteiger partial charge in [-0.1, -0.05) is 0 Å².